The van der Waals surface area contributed by atoms with Gasteiger partial charge in [-0.15, -0.1) is 0 Å². The van der Waals surface area contributed by atoms with Crippen molar-refractivity contribution >= 4 is 35.2 Å². The highest BCUT2D eigenvalue weighted by molar-refractivity contribution is 6.33. The van der Waals surface area contributed by atoms with Crippen LogP contribution < -0.4 is 10.1 Å². The Labute approximate surface area is 151 Å². The van der Waals surface area contributed by atoms with Gasteiger partial charge in [0, 0.05) is 6.08 Å². The van der Waals surface area contributed by atoms with Gasteiger partial charge in [-0.1, -0.05) is 35.9 Å². The van der Waals surface area contributed by atoms with Crippen LogP contribution in [-0.4, -0.2) is 25.6 Å². The zero-order chi connectivity index (χ0) is 18.2. The summed E-state index contributed by atoms with van der Waals surface area (Å²) in [7, 11) is 1.57. The van der Waals surface area contributed by atoms with Crippen LogP contribution in [0.3, 0.4) is 0 Å². The Balaban J connectivity index is 1.87. The van der Waals surface area contributed by atoms with Gasteiger partial charge in [-0.2, -0.15) is 0 Å². The summed E-state index contributed by atoms with van der Waals surface area (Å²) in [6.45, 7) is 1.43. The lowest BCUT2D eigenvalue weighted by atomic mass is 10.2. The molecular weight excluding hydrogens is 342 g/mol. The Morgan fingerprint density at radius 1 is 1.20 bits per heavy atom. The molecule has 2 aromatic carbocycles. The van der Waals surface area contributed by atoms with Crippen LogP contribution in [0, 0.1) is 6.92 Å². The monoisotopic (exact) mass is 359 g/mol. The van der Waals surface area contributed by atoms with Crippen molar-refractivity contribution in [2.24, 2.45) is 0 Å². The number of carbonyl (C=O) groups is 2. The van der Waals surface area contributed by atoms with Crippen LogP contribution in [0.1, 0.15) is 11.1 Å². The predicted octanol–water partition coefficient (Wildman–Crippen LogP) is 3.85. The molecule has 0 saturated carbocycles. The van der Waals surface area contributed by atoms with Gasteiger partial charge in [-0.05, 0) is 42.3 Å². The van der Waals surface area contributed by atoms with Crippen molar-refractivity contribution in [2.75, 3.05) is 19.0 Å². The normalized spacial score (nSPS) is 10.5. The molecule has 0 saturated heterocycles. The number of hydrogen-bond donors (Lipinski definition) is 1. The maximum atomic E-state index is 11.9. The van der Waals surface area contributed by atoms with E-state index in [0.717, 1.165) is 11.1 Å². The number of aryl methyl sites for hydroxylation is 1. The van der Waals surface area contributed by atoms with Gasteiger partial charge in [0.2, 0.25) is 0 Å². The average Bonchev–Trinajstić information content (AvgIpc) is 2.61. The van der Waals surface area contributed by atoms with Crippen molar-refractivity contribution in [1.82, 2.24) is 0 Å². The Hall–Kier alpha value is -2.79. The molecule has 0 aliphatic carbocycles. The van der Waals surface area contributed by atoms with Crippen molar-refractivity contribution in [3.63, 3.8) is 0 Å². The van der Waals surface area contributed by atoms with E-state index < -0.39 is 18.5 Å². The maximum absolute atomic E-state index is 11.9. The summed E-state index contributed by atoms with van der Waals surface area (Å²) in [4.78, 5) is 23.6. The number of nitrogens with one attached hydrogen (secondary N) is 1. The zero-order valence-electron chi connectivity index (χ0n) is 13.9. The van der Waals surface area contributed by atoms with E-state index in [0.29, 0.717) is 16.5 Å². The SMILES string of the molecule is COc1cccc(C=CC(=O)OCC(=O)Nc2c(C)cccc2Cl)c1. The lowest BCUT2D eigenvalue weighted by Crippen LogP contribution is -2.20. The third kappa shape index (κ3) is 5.65. The molecule has 1 amide bonds. The van der Waals surface area contributed by atoms with Crippen LogP contribution >= 0.6 is 11.6 Å². The molecule has 0 aliphatic heterocycles. The highest BCUT2D eigenvalue weighted by atomic mass is 35.5. The van der Waals surface area contributed by atoms with Crippen molar-refractivity contribution in [3.8, 4) is 5.75 Å². The molecule has 5 nitrogen and oxygen atoms in total. The molecule has 0 unspecified atom stereocenters. The topological polar surface area (TPSA) is 64.6 Å². The van der Waals surface area contributed by atoms with Gasteiger partial charge in [0.05, 0.1) is 17.8 Å². The lowest BCUT2D eigenvalue weighted by molar-refractivity contribution is -0.142. The molecule has 0 atom stereocenters. The number of ether oxygens (including phenoxy) is 2. The van der Waals surface area contributed by atoms with Gasteiger partial charge >= 0.3 is 5.97 Å². The van der Waals surface area contributed by atoms with Gasteiger partial charge in [-0.3, -0.25) is 4.79 Å². The highest BCUT2D eigenvalue weighted by Crippen LogP contribution is 2.25. The second kappa shape index (κ2) is 8.89. The number of benzene rings is 2. The Morgan fingerprint density at radius 2 is 1.96 bits per heavy atom. The maximum Gasteiger partial charge on any atom is 0.331 e. The van der Waals surface area contributed by atoms with E-state index in [1.54, 1.807) is 37.5 Å². The first kappa shape index (κ1) is 18.5. The number of hydrogen-bond acceptors (Lipinski definition) is 4. The summed E-state index contributed by atoms with van der Waals surface area (Å²) >= 11 is 6.03. The summed E-state index contributed by atoms with van der Waals surface area (Å²) < 4.78 is 10.0. The highest BCUT2D eigenvalue weighted by Gasteiger charge is 2.10. The van der Waals surface area contributed by atoms with Gasteiger partial charge in [0.25, 0.3) is 5.91 Å². The molecule has 0 spiro atoms. The largest absolute Gasteiger partial charge is 0.497 e. The van der Waals surface area contributed by atoms with Crippen LogP contribution in [-0.2, 0) is 14.3 Å². The number of halogens is 1. The molecule has 0 aromatic heterocycles. The lowest BCUT2D eigenvalue weighted by Gasteiger charge is -2.10. The third-order valence-corrected chi connectivity index (χ3v) is 3.65. The molecular formula is C19H18ClNO4. The predicted molar refractivity (Wildman–Crippen MR) is 97.8 cm³/mol. The molecule has 0 radical (unpaired) electrons. The molecule has 0 bridgehead atoms. The fourth-order valence-electron chi connectivity index (χ4n) is 2.06. The van der Waals surface area contributed by atoms with E-state index in [2.05, 4.69) is 5.32 Å². The molecule has 0 aliphatic rings. The second-order valence-electron chi connectivity index (χ2n) is 5.20. The summed E-state index contributed by atoms with van der Waals surface area (Å²) in [5.41, 5.74) is 2.12. The quantitative estimate of drug-likeness (QED) is 0.628. The zero-order valence-corrected chi connectivity index (χ0v) is 14.7. The van der Waals surface area contributed by atoms with Gasteiger partial charge in [0.1, 0.15) is 5.75 Å². The van der Waals surface area contributed by atoms with Gasteiger partial charge in [0.15, 0.2) is 6.61 Å². The Kier molecular flexibility index (Phi) is 6.60. The first-order valence-corrected chi connectivity index (χ1v) is 7.91. The average molecular weight is 360 g/mol. The standard InChI is InChI=1S/C19H18ClNO4/c1-13-5-3-8-16(20)19(13)21-17(22)12-25-18(23)10-9-14-6-4-7-15(11-14)24-2/h3-11H,12H2,1-2H3,(H,21,22). The summed E-state index contributed by atoms with van der Waals surface area (Å²) in [5.74, 6) is -0.391. The summed E-state index contributed by atoms with van der Waals surface area (Å²) in [5, 5.41) is 3.06. The van der Waals surface area contributed by atoms with Crippen molar-refractivity contribution in [2.45, 2.75) is 6.92 Å². The first-order valence-electron chi connectivity index (χ1n) is 7.53. The van der Waals surface area contributed by atoms with Crippen LogP contribution in [0.2, 0.25) is 5.02 Å². The number of carbonyl (C=O) groups excluding carboxylic acids is 2. The molecule has 0 fully saturated rings. The molecule has 2 rings (SSSR count). The van der Waals surface area contributed by atoms with E-state index in [1.807, 2.05) is 25.1 Å². The Bertz CT molecular complexity index is 782. The van der Waals surface area contributed by atoms with Crippen molar-refractivity contribution < 1.29 is 19.1 Å². The van der Waals surface area contributed by atoms with Gasteiger partial charge < -0.3 is 14.8 Å². The van der Waals surface area contributed by atoms with Crippen LogP contribution in [0.25, 0.3) is 6.08 Å². The number of esters is 1. The number of anilines is 1. The van der Waals surface area contributed by atoms with Crippen molar-refractivity contribution in [3.05, 3.63) is 64.7 Å². The van der Waals surface area contributed by atoms with Crippen LogP contribution in [0.5, 0.6) is 5.75 Å². The smallest absolute Gasteiger partial charge is 0.331 e. The molecule has 0 heterocycles. The molecule has 6 heteroatoms. The Morgan fingerprint density at radius 3 is 2.68 bits per heavy atom. The minimum Gasteiger partial charge on any atom is -0.497 e. The van der Waals surface area contributed by atoms with Crippen LogP contribution in [0.15, 0.2) is 48.5 Å². The molecule has 2 aromatic rings. The van der Waals surface area contributed by atoms with Crippen molar-refractivity contribution in [1.29, 1.82) is 0 Å². The summed E-state index contributed by atoms with van der Waals surface area (Å²) in [6, 6.07) is 12.5. The van der Waals surface area contributed by atoms with E-state index in [1.165, 1.54) is 6.08 Å². The van der Waals surface area contributed by atoms with Crippen LogP contribution in [0.4, 0.5) is 5.69 Å². The number of amides is 1. The molecule has 25 heavy (non-hydrogen) atoms. The first-order chi connectivity index (χ1) is 12.0. The fourth-order valence-corrected chi connectivity index (χ4v) is 2.33. The molecule has 1 N–H and O–H groups in total. The molecule has 130 valence electrons. The van der Waals surface area contributed by atoms with E-state index >= 15 is 0 Å². The number of para-hydroxylation sites is 1. The van der Waals surface area contributed by atoms with Gasteiger partial charge in [-0.25, -0.2) is 4.79 Å². The fraction of sp³-hybridized carbons (Fsp3) is 0.158. The summed E-state index contributed by atoms with van der Waals surface area (Å²) in [6.07, 6.45) is 2.84. The number of rotatable bonds is 6. The minimum atomic E-state index is -0.617. The van der Waals surface area contributed by atoms with E-state index in [9.17, 15) is 9.59 Å². The van der Waals surface area contributed by atoms with E-state index in [-0.39, 0.29) is 0 Å². The second-order valence-corrected chi connectivity index (χ2v) is 5.60. The third-order valence-electron chi connectivity index (χ3n) is 3.34. The number of methoxy groups -OCH3 is 1. The van der Waals surface area contributed by atoms with E-state index in [4.69, 9.17) is 21.1 Å². The minimum absolute atomic E-state index is 0.397.